The van der Waals surface area contributed by atoms with Crippen LogP contribution in [0, 0.1) is 0 Å². The average Bonchev–Trinajstić information content (AvgIpc) is 3.30. The Morgan fingerprint density at radius 3 is 2.40 bits per heavy atom. The molecule has 0 aliphatic heterocycles. The molecule has 5 nitrogen and oxygen atoms in total. The number of para-hydroxylation sites is 2. The zero-order valence-corrected chi connectivity index (χ0v) is 19.4. The van der Waals surface area contributed by atoms with Gasteiger partial charge in [-0.05, 0) is 48.4 Å². The highest BCUT2D eigenvalue weighted by Gasteiger charge is 2.35. The number of hydrogen-bond donors (Lipinski definition) is 1. The molecule has 0 saturated heterocycles. The Bertz CT molecular complexity index is 1330. The largest absolute Gasteiger partial charge is 0.496 e. The summed E-state index contributed by atoms with van der Waals surface area (Å²) in [7, 11) is 1.59. The summed E-state index contributed by atoms with van der Waals surface area (Å²) in [5.74, 6) is 0.460. The highest BCUT2D eigenvalue weighted by molar-refractivity contribution is 6.32. The van der Waals surface area contributed by atoms with E-state index in [4.69, 9.17) is 16.3 Å². The van der Waals surface area contributed by atoms with Gasteiger partial charge in [-0.1, -0.05) is 54.1 Å². The van der Waals surface area contributed by atoms with Crippen LogP contribution in [0.4, 0.5) is 13.2 Å². The third kappa shape index (κ3) is 5.49. The van der Waals surface area contributed by atoms with Crippen LogP contribution in [-0.2, 0) is 12.6 Å². The quantitative estimate of drug-likeness (QED) is 0.330. The maximum Gasteiger partial charge on any atom is 0.435 e. The van der Waals surface area contributed by atoms with Crippen molar-refractivity contribution in [2.45, 2.75) is 12.6 Å². The molecule has 35 heavy (non-hydrogen) atoms. The van der Waals surface area contributed by atoms with Crippen molar-refractivity contribution in [1.29, 1.82) is 0 Å². The van der Waals surface area contributed by atoms with Crippen LogP contribution in [0.1, 0.15) is 21.6 Å². The second kappa shape index (κ2) is 10.2. The van der Waals surface area contributed by atoms with E-state index in [-0.39, 0.29) is 16.6 Å². The summed E-state index contributed by atoms with van der Waals surface area (Å²) < 4.78 is 46.7. The minimum Gasteiger partial charge on any atom is -0.496 e. The van der Waals surface area contributed by atoms with E-state index in [1.54, 1.807) is 55.6 Å². The van der Waals surface area contributed by atoms with Crippen LogP contribution >= 0.6 is 11.6 Å². The van der Waals surface area contributed by atoms with E-state index in [1.165, 1.54) is 0 Å². The van der Waals surface area contributed by atoms with Crippen LogP contribution in [0.25, 0.3) is 16.9 Å². The summed E-state index contributed by atoms with van der Waals surface area (Å²) in [6.45, 7) is 0.398. The van der Waals surface area contributed by atoms with E-state index in [9.17, 15) is 18.0 Å². The van der Waals surface area contributed by atoms with Crippen molar-refractivity contribution in [3.8, 4) is 22.7 Å². The van der Waals surface area contributed by atoms with E-state index in [0.29, 0.717) is 29.8 Å². The topological polar surface area (TPSA) is 56.1 Å². The Hall–Kier alpha value is -3.78. The van der Waals surface area contributed by atoms with Crippen molar-refractivity contribution in [3.05, 3.63) is 101 Å². The van der Waals surface area contributed by atoms with Crippen LogP contribution < -0.4 is 10.1 Å². The zero-order chi connectivity index (χ0) is 25.0. The molecule has 1 aromatic heterocycles. The summed E-state index contributed by atoms with van der Waals surface area (Å²) in [6, 6.07) is 21.3. The lowest BCUT2D eigenvalue weighted by atomic mass is 10.1. The van der Waals surface area contributed by atoms with Crippen LogP contribution in [0.2, 0.25) is 5.02 Å². The molecule has 180 valence electrons. The smallest absolute Gasteiger partial charge is 0.435 e. The fourth-order valence-corrected chi connectivity index (χ4v) is 3.86. The molecule has 4 rings (SSSR count). The van der Waals surface area contributed by atoms with Gasteiger partial charge in [0.05, 0.1) is 23.5 Å². The molecule has 0 saturated carbocycles. The number of rotatable bonds is 7. The van der Waals surface area contributed by atoms with E-state index in [2.05, 4.69) is 10.4 Å². The van der Waals surface area contributed by atoms with Crippen molar-refractivity contribution in [1.82, 2.24) is 15.1 Å². The van der Waals surface area contributed by atoms with Crippen LogP contribution in [-0.4, -0.2) is 29.3 Å². The third-order valence-corrected chi connectivity index (χ3v) is 5.72. The lowest BCUT2D eigenvalue weighted by molar-refractivity contribution is -0.141. The van der Waals surface area contributed by atoms with Gasteiger partial charge < -0.3 is 10.1 Å². The Morgan fingerprint density at radius 1 is 1.03 bits per heavy atom. The molecule has 0 aliphatic carbocycles. The number of alkyl halides is 3. The maximum atomic E-state index is 13.4. The standard InChI is InChI=1S/C26H21ClF3N3O2/c1-35-23-9-5-2-6-18(23)14-15-31-25(34)19-12-10-17(11-13-19)22-16-24(26(28,29)30)32-33(22)21-8-4-3-7-20(21)27/h2-13,16H,14-15H2,1H3,(H,31,34). The Morgan fingerprint density at radius 2 is 1.71 bits per heavy atom. The molecule has 1 amide bonds. The number of carbonyl (C=O) groups excluding carboxylic acids is 1. The number of amides is 1. The number of benzene rings is 3. The Kier molecular flexibility index (Phi) is 7.12. The first-order chi connectivity index (χ1) is 16.8. The number of halogens is 4. The van der Waals surface area contributed by atoms with Gasteiger partial charge in [-0.15, -0.1) is 0 Å². The molecular weight excluding hydrogens is 479 g/mol. The fraction of sp³-hybridized carbons (Fsp3) is 0.154. The van der Waals surface area contributed by atoms with Crippen LogP contribution in [0.3, 0.4) is 0 Å². The molecule has 0 radical (unpaired) electrons. The molecule has 0 atom stereocenters. The monoisotopic (exact) mass is 499 g/mol. The van der Waals surface area contributed by atoms with E-state index >= 15 is 0 Å². The first-order valence-corrected chi connectivity index (χ1v) is 11.1. The Labute approximate surface area is 205 Å². The van der Waals surface area contributed by atoms with Gasteiger partial charge in [0.25, 0.3) is 5.91 Å². The predicted octanol–water partition coefficient (Wildman–Crippen LogP) is 6.19. The van der Waals surface area contributed by atoms with Crippen molar-refractivity contribution in [3.63, 3.8) is 0 Å². The number of carbonyl (C=O) groups is 1. The summed E-state index contributed by atoms with van der Waals surface area (Å²) in [5, 5.41) is 6.86. The predicted molar refractivity (Wildman–Crippen MR) is 128 cm³/mol. The van der Waals surface area contributed by atoms with Gasteiger partial charge in [0, 0.05) is 17.7 Å². The fourth-order valence-electron chi connectivity index (χ4n) is 3.65. The zero-order valence-electron chi connectivity index (χ0n) is 18.6. The maximum absolute atomic E-state index is 13.4. The average molecular weight is 500 g/mol. The molecule has 0 bridgehead atoms. The van der Waals surface area contributed by atoms with Gasteiger partial charge in [0.15, 0.2) is 5.69 Å². The van der Waals surface area contributed by atoms with Crippen molar-refractivity contribution >= 4 is 17.5 Å². The van der Waals surface area contributed by atoms with Gasteiger partial charge in [0.2, 0.25) is 0 Å². The second-order valence-electron chi connectivity index (χ2n) is 7.67. The lowest BCUT2D eigenvalue weighted by Crippen LogP contribution is -2.25. The normalized spacial score (nSPS) is 11.3. The highest BCUT2D eigenvalue weighted by Crippen LogP contribution is 2.34. The number of methoxy groups -OCH3 is 1. The van der Waals surface area contributed by atoms with Gasteiger partial charge >= 0.3 is 6.18 Å². The summed E-state index contributed by atoms with van der Waals surface area (Å²) in [4.78, 5) is 12.6. The van der Waals surface area contributed by atoms with Gasteiger partial charge in [0.1, 0.15) is 5.75 Å². The summed E-state index contributed by atoms with van der Waals surface area (Å²) >= 11 is 6.22. The second-order valence-corrected chi connectivity index (χ2v) is 8.08. The first-order valence-electron chi connectivity index (χ1n) is 10.7. The van der Waals surface area contributed by atoms with Crippen molar-refractivity contribution < 1.29 is 22.7 Å². The first kappa shape index (κ1) is 24.3. The molecular formula is C26H21ClF3N3O2. The Balaban J connectivity index is 1.54. The molecule has 1 N–H and O–H groups in total. The molecule has 4 aromatic rings. The van der Waals surface area contributed by atoms with Crippen molar-refractivity contribution in [2.24, 2.45) is 0 Å². The minimum atomic E-state index is -4.62. The number of nitrogens with one attached hydrogen (secondary N) is 1. The van der Waals surface area contributed by atoms with Gasteiger partial charge in [-0.3, -0.25) is 4.79 Å². The SMILES string of the molecule is COc1ccccc1CCNC(=O)c1ccc(-c2cc(C(F)(F)F)nn2-c2ccccc2Cl)cc1. The van der Waals surface area contributed by atoms with E-state index in [0.717, 1.165) is 22.1 Å². The minimum absolute atomic E-state index is 0.202. The van der Waals surface area contributed by atoms with Gasteiger partial charge in [-0.2, -0.15) is 18.3 Å². The number of hydrogen-bond acceptors (Lipinski definition) is 3. The van der Waals surface area contributed by atoms with E-state index < -0.39 is 11.9 Å². The summed E-state index contributed by atoms with van der Waals surface area (Å²) in [6.07, 6.45) is -4.03. The molecule has 0 spiro atoms. The molecule has 0 unspecified atom stereocenters. The van der Waals surface area contributed by atoms with Gasteiger partial charge in [-0.25, -0.2) is 4.68 Å². The molecule has 1 heterocycles. The molecule has 9 heteroatoms. The highest BCUT2D eigenvalue weighted by atomic mass is 35.5. The third-order valence-electron chi connectivity index (χ3n) is 5.40. The summed E-state index contributed by atoms with van der Waals surface area (Å²) in [5.41, 5.74) is 1.29. The van der Waals surface area contributed by atoms with Crippen molar-refractivity contribution in [2.75, 3.05) is 13.7 Å². The number of ether oxygens (including phenoxy) is 1. The van der Waals surface area contributed by atoms with Crippen LogP contribution in [0.15, 0.2) is 78.9 Å². The molecule has 0 fully saturated rings. The molecule has 3 aromatic carbocycles. The number of aromatic nitrogens is 2. The number of nitrogens with zero attached hydrogens (tertiary/aromatic N) is 2. The van der Waals surface area contributed by atoms with Crippen LogP contribution in [0.5, 0.6) is 5.75 Å². The molecule has 0 aliphatic rings. The lowest BCUT2D eigenvalue weighted by Gasteiger charge is -2.11. The van der Waals surface area contributed by atoms with E-state index in [1.807, 2.05) is 24.3 Å².